The van der Waals surface area contributed by atoms with E-state index in [1.54, 1.807) is 0 Å². The molecule has 0 saturated carbocycles. The first kappa shape index (κ1) is 71.4. The number of aryl methyl sites for hydroxylation is 6. The zero-order valence-corrected chi connectivity index (χ0v) is 66.0. The van der Waals surface area contributed by atoms with Gasteiger partial charge >= 0.3 is 0 Å². The zero-order chi connectivity index (χ0) is 77.4. The summed E-state index contributed by atoms with van der Waals surface area (Å²) in [5.74, 6) is -1.50. The summed E-state index contributed by atoms with van der Waals surface area (Å²) in [5.41, 5.74) is 27.8. The highest BCUT2D eigenvalue weighted by molar-refractivity contribution is 6.45. The summed E-state index contributed by atoms with van der Waals surface area (Å²) in [4.78, 5) is 62.5. The van der Waals surface area contributed by atoms with E-state index in [4.69, 9.17) is 0 Å². The van der Waals surface area contributed by atoms with Crippen LogP contribution in [0, 0.1) is 34.6 Å². The molecule has 2 unspecified atom stereocenters. The van der Waals surface area contributed by atoms with Gasteiger partial charge in [-0.05, 0) is 267 Å². The lowest BCUT2D eigenvalue weighted by Crippen LogP contribution is -2.68. The second kappa shape index (κ2) is 27.4. The van der Waals surface area contributed by atoms with Crippen molar-refractivity contribution in [2.45, 2.75) is 144 Å². The first-order valence-corrected chi connectivity index (χ1v) is 40.3. The second-order valence-electron chi connectivity index (χ2n) is 32.0. The largest absolute Gasteiger partial charge is 0.268 e. The normalized spacial score (nSPS) is 17.1. The molecule has 0 bridgehead atoms. The summed E-state index contributed by atoms with van der Waals surface area (Å²) in [6.07, 6.45) is 19.8. The maximum absolute atomic E-state index is 15.3. The number of amides is 4. The lowest BCUT2D eigenvalue weighted by Gasteiger charge is -2.48. The number of benzene rings is 13. The quantitative estimate of drug-likeness (QED) is 0.0282. The number of para-hydroxylation sites is 1. The number of carbonyl (C=O) groups excluding carboxylic acids is 4. The zero-order valence-electron chi connectivity index (χ0n) is 66.0. The molecule has 0 saturated heterocycles. The van der Waals surface area contributed by atoms with Crippen molar-refractivity contribution in [3.63, 3.8) is 0 Å². The van der Waals surface area contributed by atoms with Gasteiger partial charge in [-0.3, -0.25) is 19.2 Å². The molecule has 0 fully saturated rings. The molecule has 4 amide bonds. The van der Waals surface area contributed by atoms with E-state index in [0.29, 0.717) is 44.4 Å². The third-order valence-electron chi connectivity index (χ3n) is 26.4. The molecule has 7 heteroatoms. The van der Waals surface area contributed by atoms with Crippen LogP contribution in [0.15, 0.2) is 267 Å². The van der Waals surface area contributed by atoms with E-state index < -0.39 is 5.41 Å². The Morgan fingerprint density at radius 3 is 1.40 bits per heavy atom. The van der Waals surface area contributed by atoms with Crippen molar-refractivity contribution in [3.05, 3.63) is 356 Å². The Balaban J connectivity index is 0.665. The van der Waals surface area contributed by atoms with Crippen molar-refractivity contribution in [3.8, 4) is 44.6 Å². The summed E-state index contributed by atoms with van der Waals surface area (Å²) in [6.45, 7) is 24.2. The third-order valence-corrected chi connectivity index (χ3v) is 26.4. The number of rotatable bonds is 18. The van der Waals surface area contributed by atoms with E-state index in [9.17, 15) is 9.59 Å². The molecule has 4 heterocycles. The molecule has 18 rings (SSSR count). The number of unbranched alkanes of at least 4 members (excludes halogenated alkanes) is 1. The third kappa shape index (κ3) is 10.4. The van der Waals surface area contributed by atoms with Crippen molar-refractivity contribution >= 4 is 83.7 Å². The molecule has 3 aliphatic heterocycles. The first-order chi connectivity index (χ1) is 54.4. The molecular weight excluding hydrogens is 1370 g/mol. The first-order valence-electron chi connectivity index (χ1n) is 40.3. The molecule has 14 aromatic rings. The van der Waals surface area contributed by atoms with Crippen LogP contribution in [0.4, 0.5) is 11.4 Å². The molecule has 7 nitrogen and oxygen atoms in total. The lowest BCUT2D eigenvalue weighted by atomic mass is 9.57. The number of nitrogens with zero attached hydrogens (tertiary/aromatic N) is 3. The predicted molar refractivity (Wildman–Crippen MR) is 462 cm³/mol. The van der Waals surface area contributed by atoms with Gasteiger partial charge in [-0.2, -0.15) is 4.57 Å². The predicted octanol–water partition coefficient (Wildman–Crippen LogP) is 25.4. The smallest absolute Gasteiger partial charge is 0.266 e. The fourth-order valence-electron chi connectivity index (χ4n) is 20.8. The van der Waals surface area contributed by atoms with Crippen LogP contribution >= 0.6 is 0 Å². The van der Waals surface area contributed by atoms with Gasteiger partial charge in [0.25, 0.3) is 23.6 Å². The number of pyridine rings is 1. The minimum absolute atomic E-state index is 0.111. The molecule has 112 heavy (non-hydrogen) atoms. The van der Waals surface area contributed by atoms with Crippen LogP contribution < -0.4 is 14.4 Å². The van der Waals surface area contributed by atoms with Gasteiger partial charge in [0.1, 0.15) is 0 Å². The minimum Gasteiger partial charge on any atom is -0.268 e. The highest BCUT2D eigenvalue weighted by Crippen LogP contribution is 2.58. The number of hydrogen-bond donors (Lipinski definition) is 0. The standard InChI is InChI=1S/C105H92N3O4/c1-12-17-19-30-76(69(14-3)55-57-104(16-5)89-34-23-22-33-83(89)92-61-68(29-18-13-2)56-58-106(92)103(104,11)15-4)88-62-72(38-37-63(88)6)70-39-43-74(44-40-70)105(90-35-24-20-31-77(90)78-32-21-25-36-91(78)105)75-45-41-71(42-46-75)73-59-66(9)98(67(10)60-73)108-101(111)86-53-49-81-79-47-51-84-95-85(100(110)107(99(84)109)97-64(7)27-26-28-65(97)8)52-48-80(93(79)95)82-50-54-87(102(108)112)96(86)94(81)82/h12,17,19-28,30-54,56,58-62H,13-16,18,29,55,57H2,1-11H3/q+1. The van der Waals surface area contributed by atoms with Gasteiger partial charge in [0.05, 0.1) is 27.8 Å². The van der Waals surface area contributed by atoms with E-state index in [2.05, 4.69) is 247 Å². The number of carbonyl (C=O) groups is 4. The molecule has 0 spiro atoms. The Hall–Kier alpha value is -12.2. The van der Waals surface area contributed by atoms with Gasteiger partial charge in [0.15, 0.2) is 11.7 Å². The molecule has 1 aliphatic carbocycles. The fraction of sp³-hybridized carbons (Fsp3) is 0.210. The highest BCUT2D eigenvalue weighted by atomic mass is 16.2. The van der Waals surface area contributed by atoms with E-state index >= 15 is 9.59 Å². The number of fused-ring (bicyclic) bond motifs is 8. The van der Waals surface area contributed by atoms with Crippen molar-refractivity contribution in [2.24, 2.45) is 0 Å². The Morgan fingerprint density at radius 2 is 0.911 bits per heavy atom. The number of anilines is 2. The highest BCUT2D eigenvalue weighted by Gasteiger charge is 2.59. The summed E-state index contributed by atoms with van der Waals surface area (Å²) < 4.78 is 2.66. The second-order valence-corrected chi connectivity index (χ2v) is 32.0. The molecule has 13 aromatic carbocycles. The molecule has 4 aliphatic rings. The fourth-order valence-corrected chi connectivity index (χ4v) is 20.8. The van der Waals surface area contributed by atoms with E-state index in [1.807, 2.05) is 94.4 Å². The SMILES string of the molecule is CC=CC=CC(=C(CC)CCC1(CC)c2ccccc2-c2cc(CCCC)cc[n+]2C1(C)CC)c1cc(-c2ccc(C3(c4ccc(-c5cc(C)c(N6C(=O)c7ccc8c9ccc%10c%11c(ccc(c%12ccc(c7c8%12)C6=O)c%119)C(=O)N(c6c(C)cccc6C)C%10=O)c(C)c5)cc4)c4ccccc4-c4ccccc43)cc2)ccc1C. The Labute approximate surface area is 657 Å². The Morgan fingerprint density at radius 1 is 0.429 bits per heavy atom. The molecule has 0 N–H and O–H groups in total. The number of aromatic nitrogens is 1. The average Bonchev–Trinajstić information content (AvgIpc) is 0.950. The summed E-state index contributed by atoms with van der Waals surface area (Å²) in [5, 5.41) is 6.22. The van der Waals surface area contributed by atoms with Gasteiger partial charge in [-0.1, -0.05) is 234 Å². The van der Waals surface area contributed by atoms with Crippen LogP contribution in [0.2, 0.25) is 0 Å². The Kier molecular flexibility index (Phi) is 17.5. The summed E-state index contributed by atoms with van der Waals surface area (Å²) in [7, 11) is 0. The molecular formula is C105H92N3O4+. The van der Waals surface area contributed by atoms with Crippen molar-refractivity contribution in [1.29, 1.82) is 0 Å². The van der Waals surface area contributed by atoms with Gasteiger partial charge in [0.2, 0.25) is 5.69 Å². The molecule has 550 valence electrons. The maximum atomic E-state index is 15.3. The number of imide groups is 2. The van der Waals surface area contributed by atoms with E-state index in [1.165, 1.54) is 101 Å². The van der Waals surface area contributed by atoms with Crippen LogP contribution in [-0.4, -0.2) is 23.6 Å². The summed E-state index contributed by atoms with van der Waals surface area (Å²) in [6, 6.07) is 82.7. The lowest BCUT2D eigenvalue weighted by molar-refractivity contribution is -0.766. The molecule has 1 aromatic heterocycles. The van der Waals surface area contributed by atoms with Crippen molar-refractivity contribution < 1.29 is 23.7 Å². The van der Waals surface area contributed by atoms with Gasteiger partial charge in [-0.25, -0.2) is 9.80 Å². The van der Waals surface area contributed by atoms with Crippen molar-refractivity contribution in [1.82, 2.24) is 0 Å². The van der Waals surface area contributed by atoms with Crippen LogP contribution in [0.5, 0.6) is 0 Å². The van der Waals surface area contributed by atoms with Crippen molar-refractivity contribution in [2.75, 3.05) is 9.80 Å². The minimum atomic E-state index is -0.654. The van der Waals surface area contributed by atoms with E-state index in [0.717, 1.165) is 115 Å². The van der Waals surface area contributed by atoms with Crippen LogP contribution in [0.3, 0.4) is 0 Å². The van der Waals surface area contributed by atoms with Gasteiger partial charge in [0, 0.05) is 58.5 Å². The monoisotopic (exact) mass is 1460 g/mol. The maximum Gasteiger partial charge on any atom is 0.266 e. The number of hydrogen-bond acceptors (Lipinski definition) is 4. The van der Waals surface area contributed by atoms with Crippen LogP contribution in [-0.2, 0) is 22.8 Å². The Bertz CT molecular complexity index is 6230. The topological polar surface area (TPSA) is 78.6 Å². The van der Waals surface area contributed by atoms with E-state index in [-0.39, 0.29) is 34.6 Å². The molecule has 0 radical (unpaired) electrons. The van der Waals surface area contributed by atoms with Crippen LogP contribution in [0.1, 0.15) is 195 Å². The van der Waals surface area contributed by atoms with Gasteiger partial charge in [-0.15, -0.1) is 0 Å². The van der Waals surface area contributed by atoms with Crippen LogP contribution in [0.25, 0.3) is 93.3 Å². The summed E-state index contributed by atoms with van der Waals surface area (Å²) >= 11 is 0. The molecule has 2 atom stereocenters. The number of allylic oxidation sites excluding steroid dienone is 6. The van der Waals surface area contributed by atoms with Gasteiger partial charge < -0.3 is 0 Å². The average molecular weight is 1460 g/mol.